The fourth-order valence-electron chi connectivity index (χ4n) is 3.61. The van der Waals surface area contributed by atoms with E-state index in [1.54, 1.807) is 24.0 Å². The van der Waals surface area contributed by atoms with Gasteiger partial charge in [0.05, 0.1) is 4.92 Å². The second kappa shape index (κ2) is 8.89. The third-order valence-electron chi connectivity index (χ3n) is 5.37. The van der Waals surface area contributed by atoms with Crippen molar-refractivity contribution < 1.29 is 19.2 Å². The summed E-state index contributed by atoms with van der Waals surface area (Å²) in [5.41, 5.74) is 0.950. The standard InChI is InChI=1S/C24H21N3O5/c1-17-23(28)26(19-11-13-22(14-12-19)32-21-5-3-2-4-6-21)16-15-25(17)24(29)18-7-9-20(10-8-18)27(30)31/h2-14,17H,15-16H2,1H3/t17-/m0/s1. The van der Waals surface area contributed by atoms with E-state index in [4.69, 9.17) is 4.74 Å². The molecule has 0 N–H and O–H groups in total. The fraction of sp³-hybridized carbons (Fsp3) is 0.167. The van der Waals surface area contributed by atoms with Crippen molar-refractivity contribution in [3.8, 4) is 11.5 Å². The van der Waals surface area contributed by atoms with Crippen molar-refractivity contribution in [1.82, 2.24) is 4.90 Å². The number of rotatable bonds is 5. The largest absolute Gasteiger partial charge is 0.457 e. The lowest BCUT2D eigenvalue weighted by Crippen LogP contribution is -2.57. The van der Waals surface area contributed by atoms with Crippen molar-refractivity contribution >= 4 is 23.2 Å². The minimum atomic E-state index is -0.660. The molecule has 1 heterocycles. The number of carbonyl (C=O) groups excluding carboxylic acids is 2. The van der Waals surface area contributed by atoms with Crippen molar-refractivity contribution in [2.24, 2.45) is 0 Å². The van der Waals surface area contributed by atoms with Crippen LogP contribution in [0.2, 0.25) is 0 Å². The van der Waals surface area contributed by atoms with Crippen LogP contribution in [0, 0.1) is 10.1 Å². The van der Waals surface area contributed by atoms with Gasteiger partial charge in [0.2, 0.25) is 5.91 Å². The number of carbonyl (C=O) groups is 2. The highest BCUT2D eigenvalue weighted by molar-refractivity contribution is 6.03. The van der Waals surface area contributed by atoms with Crippen LogP contribution < -0.4 is 9.64 Å². The van der Waals surface area contributed by atoms with Gasteiger partial charge in [-0.3, -0.25) is 19.7 Å². The molecule has 1 atom stereocenters. The number of hydrogen-bond donors (Lipinski definition) is 0. The second-order valence-corrected chi connectivity index (χ2v) is 7.38. The van der Waals surface area contributed by atoms with Crippen LogP contribution in [0.4, 0.5) is 11.4 Å². The molecule has 32 heavy (non-hydrogen) atoms. The molecule has 0 unspecified atom stereocenters. The number of non-ortho nitro benzene ring substituents is 1. The predicted octanol–water partition coefficient (Wildman–Crippen LogP) is 4.26. The first kappa shape index (κ1) is 21.0. The number of ether oxygens (including phenoxy) is 1. The van der Waals surface area contributed by atoms with Gasteiger partial charge in [0.15, 0.2) is 0 Å². The van der Waals surface area contributed by atoms with Crippen molar-refractivity contribution in [1.29, 1.82) is 0 Å². The average molecular weight is 431 g/mol. The van der Waals surface area contributed by atoms with Gasteiger partial charge in [-0.05, 0) is 55.5 Å². The highest BCUT2D eigenvalue weighted by Crippen LogP contribution is 2.27. The summed E-state index contributed by atoms with van der Waals surface area (Å²) in [5, 5.41) is 10.8. The molecule has 3 aromatic rings. The zero-order chi connectivity index (χ0) is 22.7. The molecule has 0 spiro atoms. The van der Waals surface area contributed by atoms with Crippen molar-refractivity contribution in [2.45, 2.75) is 13.0 Å². The number of para-hydroxylation sites is 1. The number of piperazine rings is 1. The average Bonchev–Trinajstić information content (AvgIpc) is 2.82. The Morgan fingerprint density at radius 2 is 1.56 bits per heavy atom. The highest BCUT2D eigenvalue weighted by Gasteiger charge is 2.35. The van der Waals surface area contributed by atoms with Gasteiger partial charge in [-0.15, -0.1) is 0 Å². The molecule has 1 aliphatic heterocycles. The summed E-state index contributed by atoms with van der Waals surface area (Å²) < 4.78 is 5.79. The van der Waals surface area contributed by atoms with Crippen LogP contribution in [0.1, 0.15) is 17.3 Å². The summed E-state index contributed by atoms with van der Waals surface area (Å²) in [6.45, 7) is 2.39. The minimum Gasteiger partial charge on any atom is -0.457 e. The van der Waals surface area contributed by atoms with Gasteiger partial charge in [0.25, 0.3) is 11.6 Å². The summed E-state index contributed by atoms with van der Waals surface area (Å²) in [6, 6.07) is 21.4. The molecule has 0 aliphatic carbocycles. The SMILES string of the molecule is C[C@H]1C(=O)N(c2ccc(Oc3ccccc3)cc2)CCN1C(=O)c1ccc([N+](=O)[O-])cc1. The molecule has 2 amide bonds. The third kappa shape index (κ3) is 4.29. The van der Waals surface area contributed by atoms with Crippen molar-refractivity contribution in [3.05, 3.63) is 94.5 Å². The maximum Gasteiger partial charge on any atom is 0.269 e. The summed E-state index contributed by atoms with van der Waals surface area (Å²) >= 11 is 0. The summed E-state index contributed by atoms with van der Waals surface area (Å²) in [7, 11) is 0. The van der Waals surface area contributed by atoms with Crippen LogP contribution in [0.5, 0.6) is 11.5 Å². The molecule has 4 rings (SSSR count). The zero-order valence-corrected chi connectivity index (χ0v) is 17.4. The van der Waals surface area contributed by atoms with Gasteiger partial charge in [-0.2, -0.15) is 0 Å². The monoisotopic (exact) mass is 431 g/mol. The highest BCUT2D eigenvalue weighted by atomic mass is 16.6. The summed E-state index contributed by atoms with van der Waals surface area (Å²) in [5.74, 6) is 0.867. The molecule has 0 bridgehead atoms. The Morgan fingerprint density at radius 1 is 0.938 bits per heavy atom. The Morgan fingerprint density at radius 3 is 2.19 bits per heavy atom. The molecule has 1 aliphatic rings. The van der Waals surface area contributed by atoms with Gasteiger partial charge in [0, 0.05) is 36.5 Å². The van der Waals surface area contributed by atoms with E-state index >= 15 is 0 Å². The number of nitro groups is 1. The van der Waals surface area contributed by atoms with Gasteiger partial charge in [-0.1, -0.05) is 18.2 Å². The van der Waals surface area contributed by atoms with Crippen LogP contribution in [0.3, 0.4) is 0 Å². The molecule has 0 radical (unpaired) electrons. The van der Waals surface area contributed by atoms with E-state index in [0.717, 1.165) is 11.4 Å². The second-order valence-electron chi connectivity index (χ2n) is 7.38. The number of benzene rings is 3. The third-order valence-corrected chi connectivity index (χ3v) is 5.37. The Labute approximate surface area is 184 Å². The maximum absolute atomic E-state index is 13.0. The molecule has 162 valence electrons. The van der Waals surface area contributed by atoms with E-state index in [1.165, 1.54) is 29.2 Å². The number of anilines is 1. The number of nitro benzene ring substituents is 1. The first-order valence-electron chi connectivity index (χ1n) is 10.1. The van der Waals surface area contributed by atoms with Crippen LogP contribution in [-0.4, -0.2) is 40.8 Å². The summed E-state index contributed by atoms with van der Waals surface area (Å²) in [6.07, 6.45) is 0. The van der Waals surface area contributed by atoms with Crippen LogP contribution >= 0.6 is 0 Å². The Kier molecular flexibility index (Phi) is 5.85. The molecule has 8 nitrogen and oxygen atoms in total. The topological polar surface area (TPSA) is 93.0 Å². The van der Waals surface area contributed by atoms with Gasteiger partial charge >= 0.3 is 0 Å². The van der Waals surface area contributed by atoms with E-state index in [1.807, 2.05) is 42.5 Å². The Balaban J connectivity index is 1.44. The van der Waals surface area contributed by atoms with E-state index < -0.39 is 11.0 Å². The molecule has 0 saturated carbocycles. The Bertz CT molecular complexity index is 1130. The quantitative estimate of drug-likeness (QED) is 0.444. The maximum atomic E-state index is 13.0. The lowest BCUT2D eigenvalue weighted by molar-refractivity contribution is -0.384. The van der Waals surface area contributed by atoms with Crippen LogP contribution in [0.15, 0.2) is 78.9 Å². The molecular formula is C24H21N3O5. The normalized spacial score (nSPS) is 16.0. The van der Waals surface area contributed by atoms with Gasteiger partial charge in [-0.25, -0.2) is 0 Å². The first-order valence-corrected chi connectivity index (χ1v) is 10.1. The van der Waals surface area contributed by atoms with Gasteiger partial charge < -0.3 is 14.5 Å². The summed E-state index contributed by atoms with van der Waals surface area (Å²) in [4.78, 5) is 39.3. The fourth-order valence-corrected chi connectivity index (χ4v) is 3.61. The van der Waals surface area contributed by atoms with Crippen LogP contribution in [0.25, 0.3) is 0 Å². The van der Waals surface area contributed by atoms with E-state index in [2.05, 4.69) is 0 Å². The molecule has 0 aromatic heterocycles. The van der Waals surface area contributed by atoms with Crippen LogP contribution in [-0.2, 0) is 4.79 Å². The van der Waals surface area contributed by atoms with E-state index in [0.29, 0.717) is 24.4 Å². The molecule has 1 saturated heterocycles. The number of nitrogens with zero attached hydrogens (tertiary/aromatic N) is 3. The molecule has 8 heteroatoms. The van der Waals surface area contributed by atoms with Crippen molar-refractivity contribution in [2.75, 3.05) is 18.0 Å². The Hall–Kier alpha value is -4.20. The van der Waals surface area contributed by atoms with E-state index in [-0.39, 0.29) is 17.5 Å². The van der Waals surface area contributed by atoms with E-state index in [9.17, 15) is 19.7 Å². The number of amides is 2. The zero-order valence-electron chi connectivity index (χ0n) is 17.4. The first-order chi connectivity index (χ1) is 15.4. The predicted molar refractivity (Wildman–Crippen MR) is 119 cm³/mol. The molecule has 3 aromatic carbocycles. The lowest BCUT2D eigenvalue weighted by atomic mass is 10.1. The molecule has 1 fully saturated rings. The smallest absolute Gasteiger partial charge is 0.269 e. The molecular weight excluding hydrogens is 410 g/mol. The minimum absolute atomic E-state index is 0.0878. The number of hydrogen-bond acceptors (Lipinski definition) is 5. The van der Waals surface area contributed by atoms with Gasteiger partial charge in [0.1, 0.15) is 17.5 Å². The lowest BCUT2D eigenvalue weighted by Gasteiger charge is -2.39. The van der Waals surface area contributed by atoms with Crippen molar-refractivity contribution in [3.63, 3.8) is 0 Å².